The molecule has 3 rings (SSSR count). The Bertz CT molecular complexity index is 929. The van der Waals surface area contributed by atoms with Gasteiger partial charge >= 0.3 is 0 Å². The zero-order valence-electron chi connectivity index (χ0n) is 16.5. The van der Waals surface area contributed by atoms with E-state index in [0.717, 1.165) is 23.2 Å². The molecule has 1 saturated heterocycles. The molecule has 0 bridgehead atoms. The summed E-state index contributed by atoms with van der Waals surface area (Å²) in [4.78, 5) is 2.32. The molecule has 1 aliphatic rings. The number of hydrogen-bond donors (Lipinski definition) is 1. The van der Waals surface area contributed by atoms with E-state index in [4.69, 9.17) is 14.2 Å². The second kappa shape index (κ2) is 9.69. The van der Waals surface area contributed by atoms with Gasteiger partial charge in [0.15, 0.2) is 0 Å². The second-order valence-corrected chi connectivity index (χ2v) is 8.94. The number of nitrogens with one attached hydrogen (secondary N) is 1. The summed E-state index contributed by atoms with van der Waals surface area (Å²) in [6, 6.07) is 9.97. The fourth-order valence-electron chi connectivity index (χ4n) is 3.04. The number of sulfonamides is 1. The Morgan fingerprint density at radius 3 is 2.28 bits per heavy atom. The van der Waals surface area contributed by atoms with Crippen LogP contribution in [0.1, 0.15) is 13.8 Å². The van der Waals surface area contributed by atoms with E-state index in [1.165, 1.54) is 0 Å². The predicted octanol–water partition coefficient (Wildman–Crippen LogP) is 3.88. The smallest absolute Gasteiger partial charge is 0.262 e. The molecule has 0 aromatic heterocycles. The first-order chi connectivity index (χ1) is 13.9. The Hall–Kier alpha value is -1.97. The van der Waals surface area contributed by atoms with Crippen molar-refractivity contribution in [2.24, 2.45) is 0 Å². The van der Waals surface area contributed by atoms with Crippen molar-refractivity contribution < 1.29 is 22.6 Å². The molecule has 2 aromatic rings. The number of benzene rings is 2. The topological polar surface area (TPSA) is 77.1 Å². The lowest BCUT2D eigenvalue weighted by Gasteiger charge is -2.31. The van der Waals surface area contributed by atoms with Gasteiger partial charge in [0.1, 0.15) is 11.5 Å². The summed E-state index contributed by atoms with van der Waals surface area (Å²) >= 11 is 3.32. The molecule has 0 spiro atoms. The SMILES string of the molecule is CCOc1cc(N2CCOCC2)c(OCC)cc1NS(=O)(=O)c1ccc(Br)cc1. The zero-order valence-corrected chi connectivity index (χ0v) is 18.9. The maximum absolute atomic E-state index is 12.9. The van der Waals surface area contributed by atoms with Crippen LogP contribution in [-0.2, 0) is 14.8 Å². The lowest BCUT2D eigenvalue weighted by atomic mass is 10.2. The first kappa shape index (κ1) is 21.7. The van der Waals surface area contributed by atoms with Crippen LogP contribution >= 0.6 is 15.9 Å². The maximum atomic E-state index is 12.9. The Kier molecular flexibility index (Phi) is 7.26. The van der Waals surface area contributed by atoms with E-state index in [1.807, 2.05) is 19.9 Å². The molecule has 1 aliphatic heterocycles. The van der Waals surface area contributed by atoms with Gasteiger partial charge in [-0.3, -0.25) is 4.72 Å². The largest absolute Gasteiger partial charge is 0.492 e. The Morgan fingerprint density at radius 1 is 1.03 bits per heavy atom. The second-order valence-electron chi connectivity index (χ2n) is 6.34. The van der Waals surface area contributed by atoms with Crippen LogP contribution in [0.5, 0.6) is 11.5 Å². The van der Waals surface area contributed by atoms with E-state index >= 15 is 0 Å². The Morgan fingerprint density at radius 2 is 1.66 bits per heavy atom. The fourth-order valence-corrected chi connectivity index (χ4v) is 4.37. The average molecular weight is 485 g/mol. The van der Waals surface area contributed by atoms with Gasteiger partial charge in [-0.15, -0.1) is 0 Å². The molecule has 1 heterocycles. The molecular weight excluding hydrogens is 460 g/mol. The van der Waals surface area contributed by atoms with Crippen molar-refractivity contribution in [1.29, 1.82) is 0 Å². The third kappa shape index (κ3) is 5.34. The number of ether oxygens (including phenoxy) is 3. The molecule has 0 aliphatic carbocycles. The van der Waals surface area contributed by atoms with E-state index in [1.54, 1.807) is 30.3 Å². The monoisotopic (exact) mass is 484 g/mol. The van der Waals surface area contributed by atoms with E-state index < -0.39 is 10.0 Å². The molecule has 1 N–H and O–H groups in total. The third-order valence-electron chi connectivity index (χ3n) is 4.38. The summed E-state index contributed by atoms with van der Waals surface area (Å²) in [5, 5.41) is 0. The number of morpholine rings is 1. The molecule has 0 atom stereocenters. The number of halogens is 1. The molecule has 0 saturated carbocycles. The predicted molar refractivity (Wildman–Crippen MR) is 117 cm³/mol. The van der Waals surface area contributed by atoms with Crippen molar-refractivity contribution in [3.8, 4) is 11.5 Å². The highest BCUT2D eigenvalue weighted by atomic mass is 79.9. The van der Waals surface area contributed by atoms with Crippen LogP contribution in [0.15, 0.2) is 45.8 Å². The van der Waals surface area contributed by atoms with Gasteiger partial charge in [-0.25, -0.2) is 8.42 Å². The minimum Gasteiger partial charge on any atom is -0.492 e. The Balaban J connectivity index is 2.00. The van der Waals surface area contributed by atoms with Gasteiger partial charge in [0, 0.05) is 29.7 Å². The lowest BCUT2D eigenvalue weighted by Crippen LogP contribution is -2.36. The van der Waals surface area contributed by atoms with Gasteiger partial charge in [0.2, 0.25) is 0 Å². The van der Waals surface area contributed by atoms with Gasteiger partial charge in [-0.1, -0.05) is 15.9 Å². The molecule has 7 nitrogen and oxygen atoms in total. The zero-order chi connectivity index (χ0) is 20.9. The van der Waals surface area contributed by atoms with Crippen LogP contribution in [0.3, 0.4) is 0 Å². The summed E-state index contributed by atoms with van der Waals surface area (Å²) in [6.07, 6.45) is 0. The summed E-state index contributed by atoms with van der Waals surface area (Å²) in [5.41, 5.74) is 1.21. The molecular formula is C20H25BrN2O5S. The van der Waals surface area contributed by atoms with Crippen LogP contribution in [0.4, 0.5) is 11.4 Å². The van der Waals surface area contributed by atoms with Gasteiger partial charge in [0.25, 0.3) is 10.0 Å². The van der Waals surface area contributed by atoms with Crippen molar-refractivity contribution in [2.75, 3.05) is 49.1 Å². The molecule has 29 heavy (non-hydrogen) atoms. The van der Waals surface area contributed by atoms with Crippen molar-refractivity contribution in [3.05, 3.63) is 40.9 Å². The van der Waals surface area contributed by atoms with Crippen LogP contribution in [-0.4, -0.2) is 47.9 Å². The first-order valence-corrected chi connectivity index (χ1v) is 11.8. The van der Waals surface area contributed by atoms with Gasteiger partial charge in [-0.2, -0.15) is 0 Å². The van der Waals surface area contributed by atoms with Crippen LogP contribution in [0.25, 0.3) is 0 Å². The molecule has 1 fully saturated rings. The van der Waals surface area contributed by atoms with Crippen molar-refractivity contribution in [1.82, 2.24) is 0 Å². The van der Waals surface area contributed by atoms with E-state index in [0.29, 0.717) is 43.6 Å². The number of nitrogens with zero attached hydrogens (tertiary/aromatic N) is 1. The summed E-state index contributed by atoms with van der Waals surface area (Å²) in [5.74, 6) is 1.06. The van der Waals surface area contributed by atoms with Crippen molar-refractivity contribution in [3.63, 3.8) is 0 Å². The standard InChI is InChI=1S/C20H25BrN2O5S/c1-3-27-19-14-18(23-9-11-26-12-10-23)20(28-4-2)13-17(19)22-29(24,25)16-7-5-15(21)6-8-16/h5-8,13-14,22H,3-4,9-12H2,1-2H3. The van der Waals surface area contributed by atoms with Gasteiger partial charge in [0.05, 0.1) is 42.7 Å². The minimum atomic E-state index is -3.78. The highest BCUT2D eigenvalue weighted by Crippen LogP contribution is 2.40. The molecule has 0 amide bonds. The Labute approximate surface area is 180 Å². The van der Waals surface area contributed by atoms with E-state index in [-0.39, 0.29) is 4.90 Å². The average Bonchev–Trinajstić information content (AvgIpc) is 2.71. The number of anilines is 2. The van der Waals surface area contributed by atoms with Crippen LogP contribution in [0, 0.1) is 0 Å². The van der Waals surface area contributed by atoms with Crippen molar-refractivity contribution >= 4 is 37.3 Å². The number of rotatable bonds is 8. The molecule has 2 aromatic carbocycles. The molecule has 158 valence electrons. The summed E-state index contributed by atoms with van der Waals surface area (Å²) in [6.45, 7) is 7.35. The van der Waals surface area contributed by atoms with E-state index in [9.17, 15) is 8.42 Å². The number of hydrogen-bond acceptors (Lipinski definition) is 6. The lowest BCUT2D eigenvalue weighted by molar-refractivity contribution is 0.122. The maximum Gasteiger partial charge on any atom is 0.262 e. The molecule has 0 radical (unpaired) electrons. The molecule has 9 heteroatoms. The quantitative estimate of drug-likeness (QED) is 0.612. The van der Waals surface area contributed by atoms with Gasteiger partial charge < -0.3 is 19.1 Å². The fraction of sp³-hybridized carbons (Fsp3) is 0.400. The van der Waals surface area contributed by atoms with E-state index in [2.05, 4.69) is 25.6 Å². The van der Waals surface area contributed by atoms with Crippen molar-refractivity contribution in [2.45, 2.75) is 18.7 Å². The summed E-state index contributed by atoms with van der Waals surface area (Å²) < 4.78 is 46.2. The first-order valence-electron chi connectivity index (χ1n) is 9.49. The van der Waals surface area contributed by atoms with Crippen LogP contribution in [0.2, 0.25) is 0 Å². The van der Waals surface area contributed by atoms with Crippen LogP contribution < -0.4 is 19.1 Å². The molecule has 0 unspecified atom stereocenters. The third-order valence-corrected chi connectivity index (χ3v) is 6.29. The normalized spacial score (nSPS) is 14.5. The minimum absolute atomic E-state index is 0.165. The van der Waals surface area contributed by atoms with Gasteiger partial charge in [-0.05, 0) is 38.1 Å². The highest BCUT2D eigenvalue weighted by molar-refractivity contribution is 9.10. The highest BCUT2D eigenvalue weighted by Gasteiger charge is 2.22. The summed E-state index contributed by atoms with van der Waals surface area (Å²) in [7, 11) is -3.78.